The quantitative estimate of drug-likeness (QED) is 0.639. The second kappa shape index (κ2) is 8.30. The van der Waals surface area contributed by atoms with Crippen molar-refractivity contribution in [2.45, 2.75) is 39.7 Å². The fourth-order valence-electron chi connectivity index (χ4n) is 1.74. The maximum absolute atomic E-state index is 11.5. The van der Waals surface area contributed by atoms with Gasteiger partial charge in [0.25, 0.3) is 0 Å². The van der Waals surface area contributed by atoms with Crippen LogP contribution < -0.4 is 21.1 Å². The Morgan fingerprint density at radius 1 is 1.35 bits per heavy atom. The topological polar surface area (TPSA) is 76.4 Å². The first-order valence-corrected chi connectivity index (χ1v) is 7.08. The maximum atomic E-state index is 11.5. The number of carbonyl (C=O) groups excluding carboxylic acids is 1. The summed E-state index contributed by atoms with van der Waals surface area (Å²) in [5, 5.41) is 6.04. The first kappa shape index (κ1) is 16.1. The zero-order valence-corrected chi connectivity index (χ0v) is 12.5. The first-order chi connectivity index (χ1) is 9.51. The molecule has 0 aliphatic heterocycles. The van der Waals surface area contributed by atoms with E-state index >= 15 is 0 Å². The van der Waals surface area contributed by atoms with Gasteiger partial charge in [-0.25, -0.2) is 0 Å². The SMILES string of the molecule is CCCOc1cc(N)cc(NCCC(=O)NC(C)C)c1. The summed E-state index contributed by atoms with van der Waals surface area (Å²) < 4.78 is 5.56. The van der Waals surface area contributed by atoms with Gasteiger partial charge in [0.15, 0.2) is 0 Å². The van der Waals surface area contributed by atoms with Crippen LogP contribution in [0.5, 0.6) is 5.75 Å². The number of carbonyl (C=O) groups is 1. The standard InChI is InChI=1S/C15H25N3O2/c1-4-7-20-14-9-12(16)8-13(10-14)17-6-5-15(19)18-11(2)3/h8-11,17H,4-7,16H2,1-3H3,(H,18,19). The van der Waals surface area contributed by atoms with E-state index in [9.17, 15) is 4.79 Å². The normalized spacial score (nSPS) is 10.4. The number of benzene rings is 1. The summed E-state index contributed by atoms with van der Waals surface area (Å²) in [6.45, 7) is 7.18. The molecule has 0 aromatic heterocycles. The van der Waals surface area contributed by atoms with E-state index in [0.29, 0.717) is 25.3 Å². The Morgan fingerprint density at radius 2 is 2.10 bits per heavy atom. The molecule has 1 rings (SSSR count). The third kappa shape index (κ3) is 6.31. The summed E-state index contributed by atoms with van der Waals surface area (Å²) >= 11 is 0. The second-order valence-corrected chi connectivity index (χ2v) is 5.04. The van der Waals surface area contributed by atoms with Crippen molar-refractivity contribution >= 4 is 17.3 Å². The second-order valence-electron chi connectivity index (χ2n) is 5.04. The van der Waals surface area contributed by atoms with Crippen molar-refractivity contribution in [1.82, 2.24) is 5.32 Å². The minimum Gasteiger partial charge on any atom is -0.493 e. The van der Waals surface area contributed by atoms with Gasteiger partial charge in [-0.1, -0.05) is 6.92 Å². The summed E-state index contributed by atoms with van der Waals surface area (Å²) in [5.41, 5.74) is 7.34. The number of hydrogen-bond donors (Lipinski definition) is 3. The van der Waals surface area contributed by atoms with Crippen LogP contribution in [0.1, 0.15) is 33.6 Å². The predicted molar refractivity (Wildman–Crippen MR) is 83.0 cm³/mol. The Balaban J connectivity index is 2.46. The van der Waals surface area contributed by atoms with Crippen LogP contribution in [0.2, 0.25) is 0 Å². The maximum Gasteiger partial charge on any atom is 0.221 e. The molecule has 0 saturated heterocycles. The zero-order chi connectivity index (χ0) is 15.0. The van der Waals surface area contributed by atoms with Gasteiger partial charge in [-0.15, -0.1) is 0 Å². The molecule has 0 atom stereocenters. The number of hydrogen-bond acceptors (Lipinski definition) is 4. The number of anilines is 2. The zero-order valence-electron chi connectivity index (χ0n) is 12.5. The van der Waals surface area contributed by atoms with Crippen LogP contribution in [0.3, 0.4) is 0 Å². The van der Waals surface area contributed by atoms with Crippen molar-refractivity contribution in [2.75, 3.05) is 24.2 Å². The highest BCUT2D eigenvalue weighted by Crippen LogP contribution is 2.22. The molecule has 1 aromatic carbocycles. The van der Waals surface area contributed by atoms with E-state index in [0.717, 1.165) is 17.9 Å². The Morgan fingerprint density at radius 3 is 2.75 bits per heavy atom. The summed E-state index contributed by atoms with van der Waals surface area (Å²) in [6, 6.07) is 5.70. The molecule has 0 saturated carbocycles. The number of rotatable bonds is 8. The monoisotopic (exact) mass is 279 g/mol. The van der Waals surface area contributed by atoms with Crippen molar-refractivity contribution < 1.29 is 9.53 Å². The lowest BCUT2D eigenvalue weighted by atomic mass is 10.2. The molecule has 0 bridgehead atoms. The van der Waals surface area contributed by atoms with E-state index < -0.39 is 0 Å². The lowest BCUT2D eigenvalue weighted by Gasteiger charge is -2.12. The Labute approximate surface area is 120 Å². The van der Waals surface area contributed by atoms with Gasteiger partial charge in [-0.3, -0.25) is 4.79 Å². The molecule has 0 spiro atoms. The molecule has 0 unspecified atom stereocenters. The molecule has 20 heavy (non-hydrogen) atoms. The van der Waals surface area contributed by atoms with Crippen molar-refractivity contribution in [2.24, 2.45) is 0 Å². The van der Waals surface area contributed by atoms with E-state index in [4.69, 9.17) is 10.5 Å². The van der Waals surface area contributed by atoms with Crippen molar-refractivity contribution in [3.8, 4) is 5.75 Å². The van der Waals surface area contributed by atoms with Crippen LogP contribution in [-0.2, 0) is 4.79 Å². The van der Waals surface area contributed by atoms with Gasteiger partial charge in [0.05, 0.1) is 6.61 Å². The molecule has 4 N–H and O–H groups in total. The summed E-state index contributed by atoms with van der Waals surface area (Å²) in [6.07, 6.45) is 1.38. The number of nitrogen functional groups attached to an aromatic ring is 1. The third-order valence-corrected chi connectivity index (χ3v) is 2.53. The summed E-state index contributed by atoms with van der Waals surface area (Å²) in [5.74, 6) is 0.792. The van der Waals surface area contributed by atoms with E-state index in [1.165, 1.54) is 0 Å². The van der Waals surface area contributed by atoms with Crippen LogP contribution in [0.4, 0.5) is 11.4 Å². The molecular formula is C15H25N3O2. The van der Waals surface area contributed by atoms with Crippen molar-refractivity contribution in [1.29, 1.82) is 0 Å². The van der Waals surface area contributed by atoms with Crippen LogP contribution in [0, 0.1) is 0 Å². The predicted octanol–water partition coefficient (Wildman–Crippen LogP) is 2.38. The smallest absolute Gasteiger partial charge is 0.221 e. The number of ether oxygens (including phenoxy) is 1. The number of nitrogens with two attached hydrogens (primary N) is 1. The molecule has 0 radical (unpaired) electrons. The largest absolute Gasteiger partial charge is 0.493 e. The van der Waals surface area contributed by atoms with Crippen molar-refractivity contribution in [3.63, 3.8) is 0 Å². The Kier molecular flexibility index (Phi) is 6.70. The number of amides is 1. The molecule has 5 heteroatoms. The lowest BCUT2D eigenvalue weighted by Crippen LogP contribution is -2.31. The van der Waals surface area contributed by atoms with E-state index in [1.54, 1.807) is 6.07 Å². The van der Waals surface area contributed by atoms with Crippen molar-refractivity contribution in [3.05, 3.63) is 18.2 Å². The third-order valence-electron chi connectivity index (χ3n) is 2.53. The van der Waals surface area contributed by atoms with Gasteiger partial charge in [0.2, 0.25) is 5.91 Å². The Hall–Kier alpha value is -1.91. The molecule has 112 valence electrons. The van der Waals surface area contributed by atoms with Gasteiger partial charge < -0.3 is 21.1 Å². The molecule has 0 aliphatic carbocycles. The molecule has 0 aliphatic rings. The molecular weight excluding hydrogens is 254 g/mol. The minimum absolute atomic E-state index is 0.0406. The van der Waals surface area contributed by atoms with Gasteiger partial charge in [-0.2, -0.15) is 0 Å². The fourth-order valence-corrected chi connectivity index (χ4v) is 1.74. The molecule has 5 nitrogen and oxygen atoms in total. The average Bonchev–Trinajstić information content (AvgIpc) is 2.35. The van der Waals surface area contributed by atoms with Crippen LogP contribution in [-0.4, -0.2) is 25.1 Å². The first-order valence-electron chi connectivity index (χ1n) is 7.08. The fraction of sp³-hybridized carbons (Fsp3) is 0.533. The summed E-state index contributed by atoms with van der Waals surface area (Å²) in [4.78, 5) is 11.5. The molecule has 1 aromatic rings. The molecule has 0 fully saturated rings. The lowest BCUT2D eigenvalue weighted by molar-refractivity contribution is -0.121. The summed E-state index contributed by atoms with van der Waals surface area (Å²) in [7, 11) is 0. The number of nitrogens with one attached hydrogen (secondary N) is 2. The van der Waals surface area contributed by atoms with Gasteiger partial charge in [0.1, 0.15) is 5.75 Å². The highest BCUT2D eigenvalue weighted by molar-refractivity contribution is 5.76. The van der Waals surface area contributed by atoms with E-state index in [1.807, 2.05) is 26.0 Å². The average molecular weight is 279 g/mol. The minimum atomic E-state index is 0.0406. The van der Waals surface area contributed by atoms with E-state index in [-0.39, 0.29) is 11.9 Å². The van der Waals surface area contributed by atoms with Gasteiger partial charge in [-0.05, 0) is 26.3 Å². The van der Waals surface area contributed by atoms with Gasteiger partial charge >= 0.3 is 0 Å². The highest BCUT2D eigenvalue weighted by atomic mass is 16.5. The van der Waals surface area contributed by atoms with E-state index in [2.05, 4.69) is 17.6 Å². The Bertz CT molecular complexity index is 433. The van der Waals surface area contributed by atoms with Crippen LogP contribution in [0.15, 0.2) is 18.2 Å². The molecule has 0 heterocycles. The van der Waals surface area contributed by atoms with Crippen LogP contribution >= 0.6 is 0 Å². The highest BCUT2D eigenvalue weighted by Gasteiger charge is 2.04. The van der Waals surface area contributed by atoms with Crippen LogP contribution in [0.25, 0.3) is 0 Å². The molecule has 1 amide bonds. The van der Waals surface area contributed by atoms with Gasteiger partial charge in [0, 0.05) is 42.5 Å².